The van der Waals surface area contributed by atoms with E-state index in [1.165, 1.54) is 17.7 Å². The minimum absolute atomic E-state index is 0.0162. The summed E-state index contributed by atoms with van der Waals surface area (Å²) in [6, 6.07) is 4.39. The predicted octanol–water partition coefficient (Wildman–Crippen LogP) is 11.3. The average Bonchev–Trinajstić information content (AvgIpc) is 3.47. The van der Waals surface area contributed by atoms with E-state index in [9.17, 15) is 19.1 Å². The van der Waals surface area contributed by atoms with Crippen LogP contribution in [0.2, 0.25) is 0 Å². The van der Waals surface area contributed by atoms with E-state index < -0.39 is 17.5 Å². The molecule has 6 heteroatoms. The molecule has 0 spiro atoms. The van der Waals surface area contributed by atoms with Gasteiger partial charge in [-0.25, -0.2) is 13.6 Å². The summed E-state index contributed by atoms with van der Waals surface area (Å²) in [5, 5.41) is 9.45. The van der Waals surface area contributed by atoms with Gasteiger partial charge in [0.15, 0.2) is 0 Å². The minimum atomic E-state index is -1.11. The molecule has 0 radical (unpaired) electrons. The molecule has 286 valence electrons. The van der Waals surface area contributed by atoms with Crippen molar-refractivity contribution in [3.63, 3.8) is 0 Å². The Labute approximate surface area is 312 Å². The second kappa shape index (κ2) is 12.9. The number of carbonyl (C=O) groups is 2. The normalized spacial score (nSPS) is 40.8. The van der Waals surface area contributed by atoms with Crippen LogP contribution in [0.3, 0.4) is 0 Å². The Morgan fingerprint density at radius 1 is 0.904 bits per heavy atom. The number of benzene rings is 1. The molecular weight excluding hydrogens is 653 g/mol. The topological polar surface area (TPSA) is 57.6 Å². The third-order valence-electron chi connectivity index (χ3n) is 17.5. The lowest BCUT2D eigenvalue weighted by Crippen LogP contribution is -2.65. The molecule has 0 unspecified atom stereocenters. The first-order chi connectivity index (χ1) is 24.3. The molecule has 5 aliphatic carbocycles. The van der Waals surface area contributed by atoms with Crippen LogP contribution in [-0.4, -0.2) is 47.1 Å². The fraction of sp³-hybridized carbons (Fsp3) is 0.739. The first kappa shape index (κ1) is 38.0. The second-order valence-corrected chi connectivity index (χ2v) is 20.2. The Bertz CT molecular complexity index is 1650. The van der Waals surface area contributed by atoms with Crippen LogP contribution >= 0.6 is 0 Å². The number of hydrogen-bond donors (Lipinski definition) is 1. The SMILES string of the molecule is C=C(C)[C@@H]1CC[C@]2(C(=O)CCCN3CCC(C)(F)CC3)CC[C@]3(C)[C@H](CC[C@@H]4[C@@]5(C)CC=C(c6ccc(C(=O)O)cc6F)C(C)(C)[C@@H]5CC[C@]43C)[C@@H]12. The molecule has 9 atom stereocenters. The summed E-state index contributed by atoms with van der Waals surface area (Å²) in [5.41, 5.74) is 1.55. The number of nitrogens with zero attached hydrogens (tertiary/aromatic N) is 1. The standard InChI is InChI=1S/C46H65F2NO3/c1-29(2)31-15-20-46(38(50)10-9-25-49-26-23-42(5,48)24-27-49)22-21-44(7)34(39(31)46)13-14-37-43(6)18-16-33(32-12-11-30(40(51)52)28-35(32)47)41(3,4)36(43)17-19-45(37,44)8/h11-12,16,28,31,34,36-37,39H,1,9-10,13-15,17-27H2,2-8H3,(H,51,52)/t31-,34+,36-,37+,39+,43-,44+,45+,46+/m0/s1. The van der Waals surface area contributed by atoms with Gasteiger partial charge < -0.3 is 10.0 Å². The van der Waals surface area contributed by atoms with Crippen molar-refractivity contribution >= 4 is 17.3 Å². The van der Waals surface area contributed by atoms with Crippen LogP contribution in [0.4, 0.5) is 8.78 Å². The number of allylic oxidation sites excluding steroid dienone is 3. The Balaban J connectivity index is 1.15. The molecule has 6 aliphatic rings. The molecule has 1 saturated heterocycles. The highest BCUT2D eigenvalue weighted by molar-refractivity contribution is 5.88. The van der Waals surface area contributed by atoms with Crippen molar-refractivity contribution in [2.45, 2.75) is 138 Å². The zero-order chi connectivity index (χ0) is 37.6. The van der Waals surface area contributed by atoms with Gasteiger partial charge in [0, 0.05) is 30.5 Å². The van der Waals surface area contributed by atoms with Crippen LogP contribution in [0.25, 0.3) is 5.57 Å². The zero-order valence-electron chi connectivity index (χ0n) is 33.2. The lowest BCUT2D eigenvalue weighted by molar-refractivity contribution is -0.224. The lowest BCUT2D eigenvalue weighted by atomic mass is 9.32. The number of fused-ring (bicyclic) bond motifs is 7. The van der Waals surface area contributed by atoms with Crippen molar-refractivity contribution in [2.24, 2.45) is 56.7 Å². The van der Waals surface area contributed by atoms with E-state index >= 15 is 4.39 Å². The number of rotatable bonds is 8. The highest BCUT2D eigenvalue weighted by Gasteiger charge is 2.71. The van der Waals surface area contributed by atoms with Gasteiger partial charge in [0.2, 0.25) is 0 Å². The molecule has 7 rings (SSSR count). The first-order valence-electron chi connectivity index (χ1n) is 20.6. The molecule has 52 heavy (non-hydrogen) atoms. The van der Waals surface area contributed by atoms with Gasteiger partial charge in [-0.15, -0.1) is 0 Å². The van der Waals surface area contributed by atoms with Crippen molar-refractivity contribution in [3.05, 3.63) is 53.4 Å². The first-order valence-corrected chi connectivity index (χ1v) is 20.6. The summed E-state index contributed by atoms with van der Waals surface area (Å²) in [5.74, 6) is 1.09. The number of halogens is 2. The van der Waals surface area contributed by atoms with E-state index in [2.05, 4.69) is 59.1 Å². The van der Waals surface area contributed by atoms with E-state index in [1.807, 2.05) is 0 Å². The van der Waals surface area contributed by atoms with Gasteiger partial charge >= 0.3 is 5.97 Å². The van der Waals surface area contributed by atoms with Gasteiger partial charge in [0.1, 0.15) is 17.3 Å². The molecule has 4 saturated carbocycles. The quantitative estimate of drug-likeness (QED) is 0.272. The van der Waals surface area contributed by atoms with Crippen LogP contribution in [0.5, 0.6) is 0 Å². The molecule has 0 amide bonds. The number of likely N-dealkylation sites (tertiary alicyclic amines) is 1. The summed E-state index contributed by atoms with van der Waals surface area (Å²) in [4.78, 5) is 28.5. The number of piperidine rings is 1. The van der Waals surface area contributed by atoms with Crippen molar-refractivity contribution < 1.29 is 23.5 Å². The summed E-state index contributed by atoms with van der Waals surface area (Å²) >= 11 is 0. The van der Waals surface area contributed by atoms with Gasteiger partial charge in [0.25, 0.3) is 0 Å². The summed E-state index contributed by atoms with van der Waals surface area (Å²) < 4.78 is 30.0. The number of aromatic carboxylic acids is 1. The number of hydrogen-bond acceptors (Lipinski definition) is 3. The summed E-state index contributed by atoms with van der Waals surface area (Å²) in [7, 11) is 0. The maximum atomic E-state index is 15.5. The van der Waals surface area contributed by atoms with E-state index in [0.29, 0.717) is 60.2 Å². The van der Waals surface area contributed by atoms with Crippen LogP contribution in [0.1, 0.15) is 148 Å². The number of alkyl halides is 1. The third-order valence-corrected chi connectivity index (χ3v) is 17.5. The predicted molar refractivity (Wildman–Crippen MR) is 205 cm³/mol. The summed E-state index contributed by atoms with van der Waals surface area (Å²) in [6.45, 7) is 23.3. The van der Waals surface area contributed by atoms with Crippen LogP contribution < -0.4 is 0 Å². The molecule has 0 bridgehead atoms. The highest BCUT2D eigenvalue weighted by atomic mass is 19.1. The monoisotopic (exact) mass is 717 g/mol. The molecule has 1 heterocycles. The number of carboxylic acids is 1. The second-order valence-electron chi connectivity index (χ2n) is 20.2. The average molecular weight is 718 g/mol. The van der Waals surface area contributed by atoms with E-state index in [4.69, 9.17) is 0 Å². The number of Topliss-reactive ketones (excluding diaryl/α,β-unsaturated/α-hetero) is 1. The Morgan fingerprint density at radius 2 is 1.62 bits per heavy atom. The molecular formula is C46H65F2NO3. The van der Waals surface area contributed by atoms with Gasteiger partial charge in [-0.3, -0.25) is 4.79 Å². The minimum Gasteiger partial charge on any atom is -0.478 e. The highest BCUT2D eigenvalue weighted by Crippen LogP contribution is 2.78. The lowest BCUT2D eigenvalue weighted by Gasteiger charge is -2.72. The molecule has 1 N–H and O–H groups in total. The Morgan fingerprint density at radius 3 is 2.27 bits per heavy atom. The number of ketones is 1. The summed E-state index contributed by atoms with van der Waals surface area (Å²) in [6.07, 6.45) is 14.6. The Hall–Kier alpha value is -2.34. The van der Waals surface area contributed by atoms with Gasteiger partial charge in [-0.2, -0.15) is 0 Å². The van der Waals surface area contributed by atoms with E-state index in [-0.39, 0.29) is 32.6 Å². The van der Waals surface area contributed by atoms with Crippen molar-refractivity contribution in [3.8, 4) is 0 Å². The fourth-order valence-electron chi connectivity index (χ4n) is 14.5. The van der Waals surface area contributed by atoms with Crippen LogP contribution in [0, 0.1) is 62.5 Å². The van der Waals surface area contributed by atoms with E-state index in [0.717, 1.165) is 89.4 Å². The molecule has 1 aromatic carbocycles. The fourth-order valence-corrected chi connectivity index (χ4v) is 14.5. The number of carboxylic acid groups (broad SMARTS) is 1. The molecule has 1 aromatic rings. The molecule has 1 aliphatic heterocycles. The number of carbonyl (C=O) groups excluding carboxylic acids is 1. The molecule has 0 aromatic heterocycles. The van der Waals surface area contributed by atoms with E-state index in [1.54, 1.807) is 13.0 Å². The van der Waals surface area contributed by atoms with Gasteiger partial charge in [-0.1, -0.05) is 58.9 Å². The van der Waals surface area contributed by atoms with Crippen molar-refractivity contribution in [1.29, 1.82) is 0 Å². The molecule has 4 nitrogen and oxygen atoms in total. The zero-order valence-corrected chi connectivity index (χ0v) is 33.2. The molecule has 5 fully saturated rings. The van der Waals surface area contributed by atoms with Crippen LogP contribution in [-0.2, 0) is 4.79 Å². The smallest absolute Gasteiger partial charge is 0.335 e. The van der Waals surface area contributed by atoms with Crippen molar-refractivity contribution in [2.75, 3.05) is 19.6 Å². The van der Waals surface area contributed by atoms with Crippen LogP contribution in [0.15, 0.2) is 36.4 Å². The van der Waals surface area contributed by atoms with Gasteiger partial charge in [-0.05, 0) is 166 Å². The third kappa shape index (κ3) is 5.64. The maximum Gasteiger partial charge on any atom is 0.335 e. The Kier molecular flexibility index (Phi) is 9.40. The largest absolute Gasteiger partial charge is 0.478 e. The van der Waals surface area contributed by atoms with Crippen molar-refractivity contribution in [1.82, 2.24) is 4.90 Å². The maximum absolute atomic E-state index is 15.5. The van der Waals surface area contributed by atoms with Gasteiger partial charge in [0.05, 0.1) is 5.56 Å².